The van der Waals surface area contributed by atoms with E-state index in [1.54, 1.807) is 23.1 Å². The summed E-state index contributed by atoms with van der Waals surface area (Å²) in [6.45, 7) is 1.96. The second kappa shape index (κ2) is 11.4. The molecule has 3 aromatic rings. The molecule has 198 valence electrons. The molecule has 2 aromatic carbocycles. The molecule has 0 bridgehead atoms. The van der Waals surface area contributed by atoms with Crippen LogP contribution in [0.1, 0.15) is 36.3 Å². The van der Waals surface area contributed by atoms with E-state index in [-0.39, 0.29) is 23.3 Å². The Kier molecular flexibility index (Phi) is 7.96. The summed E-state index contributed by atoms with van der Waals surface area (Å²) in [6.07, 6.45) is 1.70. The highest BCUT2D eigenvalue weighted by Crippen LogP contribution is 2.47. The van der Waals surface area contributed by atoms with E-state index in [1.165, 1.54) is 23.1 Å². The number of para-hydroxylation sites is 1. The third-order valence-corrected chi connectivity index (χ3v) is 9.23. The van der Waals surface area contributed by atoms with Crippen molar-refractivity contribution in [1.82, 2.24) is 10.2 Å². The zero-order valence-electron chi connectivity index (χ0n) is 20.7. The lowest BCUT2D eigenvalue weighted by atomic mass is 9.75. The number of carbonyl (C=O) groups excluding carboxylic acids is 2. The second-order valence-corrected chi connectivity index (χ2v) is 11.9. The van der Waals surface area contributed by atoms with E-state index < -0.39 is 5.92 Å². The Balaban J connectivity index is 1.43. The molecule has 5 rings (SSSR count). The van der Waals surface area contributed by atoms with Crippen LogP contribution in [-0.4, -0.2) is 27.6 Å². The molecular weight excluding hydrogens is 575 g/mol. The summed E-state index contributed by atoms with van der Waals surface area (Å²) in [5, 5.41) is 22.6. The molecule has 0 saturated carbocycles. The van der Waals surface area contributed by atoms with Crippen molar-refractivity contribution in [1.29, 1.82) is 5.26 Å². The second-order valence-electron chi connectivity index (χ2n) is 8.96. The maximum absolute atomic E-state index is 13.3. The molecule has 0 spiro atoms. The maximum Gasteiger partial charge on any atom is 0.234 e. The highest BCUT2D eigenvalue weighted by Gasteiger charge is 2.41. The number of ketones is 1. The monoisotopic (exact) mass is 596 g/mol. The molecule has 1 amide bonds. The molecule has 1 unspecified atom stereocenters. The molecule has 8 nitrogen and oxygen atoms in total. The number of benzene rings is 2. The van der Waals surface area contributed by atoms with Gasteiger partial charge in [0.15, 0.2) is 10.1 Å². The molecule has 0 saturated heterocycles. The number of halogens is 2. The number of hydrogen-bond donors (Lipinski definition) is 2. The lowest BCUT2D eigenvalue weighted by molar-refractivity contribution is -0.116. The van der Waals surface area contributed by atoms with Gasteiger partial charge in [-0.1, -0.05) is 76.6 Å². The van der Waals surface area contributed by atoms with Crippen LogP contribution in [0, 0.1) is 18.3 Å². The predicted molar refractivity (Wildman–Crippen MR) is 155 cm³/mol. The van der Waals surface area contributed by atoms with Crippen molar-refractivity contribution >= 4 is 68.8 Å². The number of nitriles is 1. The lowest BCUT2D eigenvalue weighted by Crippen LogP contribution is -2.38. The average molecular weight is 598 g/mol. The summed E-state index contributed by atoms with van der Waals surface area (Å²) in [5.74, 6) is -0.550. The van der Waals surface area contributed by atoms with Gasteiger partial charge in [0.1, 0.15) is 5.82 Å². The summed E-state index contributed by atoms with van der Waals surface area (Å²) < 4.78 is 0.530. The normalized spacial score (nSPS) is 17.2. The van der Waals surface area contributed by atoms with E-state index in [0.29, 0.717) is 55.6 Å². The first-order valence-electron chi connectivity index (χ1n) is 12.0. The van der Waals surface area contributed by atoms with Crippen LogP contribution in [-0.2, 0) is 9.59 Å². The molecular formula is C27H22Cl2N6O2S2. The minimum atomic E-state index is -0.530. The number of rotatable bonds is 6. The van der Waals surface area contributed by atoms with Crippen LogP contribution in [0.15, 0.2) is 69.5 Å². The summed E-state index contributed by atoms with van der Waals surface area (Å²) in [5.41, 5.74) is 10.5. The number of aryl methyl sites for hydroxylation is 1. The van der Waals surface area contributed by atoms with E-state index in [0.717, 1.165) is 16.8 Å². The summed E-state index contributed by atoms with van der Waals surface area (Å²) in [4.78, 5) is 27.5. The smallest absolute Gasteiger partial charge is 0.234 e. The number of carbonyl (C=O) groups is 2. The van der Waals surface area contributed by atoms with Crippen LogP contribution in [0.25, 0.3) is 0 Å². The van der Waals surface area contributed by atoms with Gasteiger partial charge >= 0.3 is 0 Å². The van der Waals surface area contributed by atoms with Crippen LogP contribution in [0.5, 0.6) is 0 Å². The molecule has 3 N–H and O–H groups in total. The molecule has 1 aromatic heterocycles. The van der Waals surface area contributed by atoms with Crippen molar-refractivity contribution in [3.63, 3.8) is 0 Å². The largest absolute Gasteiger partial charge is 0.384 e. The Hall–Kier alpha value is -3.36. The summed E-state index contributed by atoms with van der Waals surface area (Å²) in [6, 6.07) is 15.0. The van der Waals surface area contributed by atoms with E-state index in [4.69, 9.17) is 28.9 Å². The minimum Gasteiger partial charge on any atom is -0.384 e. The van der Waals surface area contributed by atoms with Gasteiger partial charge in [-0.15, -0.1) is 10.2 Å². The van der Waals surface area contributed by atoms with E-state index in [9.17, 15) is 14.9 Å². The fraction of sp³-hybridized carbons (Fsp3) is 0.222. The van der Waals surface area contributed by atoms with E-state index in [1.807, 2.05) is 31.2 Å². The van der Waals surface area contributed by atoms with Gasteiger partial charge in [0.25, 0.3) is 0 Å². The number of aromatic nitrogens is 2. The van der Waals surface area contributed by atoms with Crippen LogP contribution in [0.4, 0.5) is 10.8 Å². The fourth-order valence-electron chi connectivity index (χ4n) is 4.80. The molecule has 1 aliphatic carbocycles. The standard InChI is InChI=1S/C27H22Cl2N6O2S2/c1-14-6-2-3-7-15(14)22-16(12-30)25(31)35(19-10-5-11-20(36)23(19)22)26-33-34-27(39-26)38-13-21(37)32-24-17(28)8-4-9-18(24)29/h2-4,6-9,22H,5,10-11,13,31H2,1H3,(H,32,37). The first kappa shape index (κ1) is 27.2. The summed E-state index contributed by atoms with van der Waals surface area (Å²) in [7, 11) is 0. The molecule has 1 atom stereocenters. The number of thioether (sulfide) groups is 1. The third-order valence-electron chi connectivity index (χ3n) is 6.55. The molecule has 1 aliphatic heterocycles. The average Bonchev–Trinajstić information content (AvgIpc) is 3.38. The van der Waals surface area contributed by atoms with Crippen molar-refractivity contribution in [2.24, 2.45) is 5.73 Å². The molecule has 0 fully saturated rings. The highest BCUT2D eigenvalue weighted by atomic mass is 35.5. The molecule has 2 heterocycles. The van der Waals surface area contributed by atoms with Crippen molar-refractivity contribution < 1.29 is 9.59 Å². The first-order chi connectivity index (χ1) is 18.8. The molecule has 39 heavy (non-hydrogen) atoms. The number of nitrogens with one attached hydrogen (secondary N) is 1. The fourth-order valence-corrected chi connectivity index (χ4v) is 6.97. The number of allylic oxidation sites excluding steroid dienone is 3. The number of amides is 1. The van der Waals surface area contributed by atoms with E-state index >= 15 is 0 Å². The number of Topliss-reactive ketones (excluding diaryl/α,β-unsaturated/α-hetero) is 1. The van der Waals surface area contributed by atoms with Gasteiger partial charge in [-0.3, -0.25) is 14.5 Å². The lowest BCUT2D eigenvalue weighted by Gasteiger charge is -2.38. The number of anilines is 2. The van der Waals surface area contributed by atoms with Crippen LogP contribution in [0.3, 0.4) is 0 Å². The van der Waals surface area contributed by atoms with Crippen LogP contribution < -0.4 is 16.0 Å². The van der Waals surface area contributed by atoms with Crippen molar-refractivity contribution in [3.05, 3.63) is 86.3 Å². The Bertz CT molecular complexity index is 1570. The van der Waals surface area contributed by atoms with Gasteiger partial charge in [-0.2, -0.15) is 5.26 Å². The summed E-state index contributed by atoms with van der Waals surface area (Å²) >= 11 is 14.7. The van der Waals surface area contributed by atoms with Crippen molar-refractivity contribution in [3.8, 4) is 6.07 Å². The quantitative estimate of drug-likeness (QED) is 0.323. The van der Waals surface area contributed by atoms with Gasteiger partial charge < -0.3 is 11.1 Å². The van der Waals surface area contributed by atoms with Gasteiger partial charge in [0.2, 0.25) is 11.0 Å². The van der Waals surface area contributed by atoms with Gasteiger partial charge in [0, 0.05) is 17.7 Å². The topological polar surface area (TPSA) is 125 Å². The van der Waals surface area contributed by atoms with Crippen molar-refractivity contribution in [2.75, 3.05) is 16.0 Å². The van der Waals surface area contributed by atoms with E-state index in [2.05, 4.69) is 21.6 Å². The Morgan fingerprint density at radius 2 is 1.95 bits per heavy atom. The SMILES string of the molecule is Cc1ccccc1C1C(C#N)=C(N)N(c2nnc(SCC(=O)Nc3c(Cl)cccc3Cl)s2)C2=C1C(=O)CCC2. The van der Waals surface area contributed by atoms with Crippen LogP contribution >= 0.6 is 46.3 Å². The molecule has 0 radical (unpaired) electrons. The molecule has 12 heteroatoms. The first-order valence-corrected chi connectivity index (χ1v) is 14.6. The zero-order chi connectivity index (χ0) is 27.7. The maximum atomic E-state index is 13.3. The van der Waals surface area contributed by atoms with Gasteiger partial charge in [0.05, 0.1) is 39.0 Å². The number of nitrogens with two attached hydrogens (primary N) is 1. The highest BCUT2D eigenvalue weighted by molar-refractivity contribution is 8.01. The predicted octanol–water partition coefficient (Wildman–Crippen LogP) is 6.19. The third kappa shape index (κ3) is 5.28. The Morgan fingerprint density at radius 3 is 2.67 bits per heavy atom. The zero-order valence-corrected chi connectivity index (χ0v) is 23.8. The van der Waals surface area contributed by atoms with Crippen molar-refractivity contribution in [2.45, 2.75) is 36.4 Å². The Labute approximate surface area is 243 Å². The van der Waals surface area contributed by atoms with Crippen LogP contribution in [0.2, 0.25) is 10.0 Å². The van der Waals surface area contributed by atoms with Gasteiger partial charge in [-0.25, -0.2) is 0 Å². The molecule has 2 aliphatic rings. The number of nitrogens with zero attached hydrogens (tertiary/aromatic N) is 4. The van der Waals surface area contributed by atoms with Gasteiger partial charge in [-0.05, 0) is 43.0 Å². The number of hydrogen-bond acceptors (Lipinski definition) is 9. The Morgan fingerprint density at radius 1 is 1.21 bits per heavy atom. The minimum absolute atomic E-state index is 0.00349.